The third kappa shape index (κ3) is 2.33. The van der Waals surface area contributed by atoms with Crippen LogP contribution in [0.15, 0.2) is 34.7 Å². The Bertz CT molecular complexity index is 527. The predicted octanol–water partition coefficient (Wildman–Crippen LogP) is 3.52. The fourth-order valence-corrected chi connectivity index (χ4v) is 1.83. The zero-order chi connectivity index (χ0) is 12.4. The molecule has 17 heavy (non-hydrogen) atoms. The SMILES string of the molecule is CNC(c1ccc(Cl)o1)c1cccc(F)c1F. The first-order valence-electron chi connectivity index (χ1n) is 5.00. The molecule has 0 radical (unpaired) electrons. The molecule has 1 aromatic carbocycles. The number of hydrogen-bond acceptors (Lipinski definition) is 2. The van der Waals surface area contributed by atoms with Crippen molar-refractivity contribution in [1.82, 2.24) is 5.32 Å². The lowest BCUT2D eigenvalue weighted by Crippen LogP contribution is -2.18. The van der Waals surface area contributed by atoms with E-state index in [0.717, 1.165) is 6.07 Å². The van der Waals surface area contributed by atoms with Crippen LogP contribution in [0.25, 0.3) is 0 Å². The number of furan rings is 1. The molecule has 0 fully saturated rings. The molecule has 2 rings (SSSR count). The molecule has 0 amide bonds. The van der Waals surface area contributed by atoms with Crippen molar-refractivity contribution in [2.45, 2.75) is 6.04 Å². The summed E-state index contributed by atoms with van der Waals surface area (Å²) in [4.78, 5) is 0. The summed E-state index contributed by atoms with van der Waals surface area (Å²) in [6.07, 6.45) is 0. The van der Waals surface area contributed by atoms with E-state index in [4.69, 9.17) is 16.0 Å². The summed E-state index contributed by atoms with van der Waals surface area (Å²) in [6, 6.07) is 6.61. The zero-order valence-electron chi connectivity index (χ0n) is 9.01. The molecule has 2 nitrogen and oxygen atoms in total. The predicted molar refractivity (Wildman–Crippen MR) is 61.0 cm³/mol. The number of nitrogens with one attached hydrogen (secondary N) is 1. The molecule has 1 atom stereocenters. The Hall–Kier alpha value is -1.39. The Morgan fingerprint density at radius 2 is 2.00 bits per heavy atom. The molecule has 0 bridgehead atoms. The van der Waals surface area contributed by atoms with E-state index in [2.05, 4.69) is 5.32 Å². The van der Waals surface area contributed by atoms with E-state index < -0.39 is 17.7 Å². The molecule has 0 spiro atoms. The van der Waals surface area contributed by atoms with Gasteiger partial charge in [0.2, 0.25) is 0 Å². The molecule has 1 N–H and O–H groups in total. The Labute approximate surface area is 102 Å². The molecule has 90 valence electrons. The second-order valence-corrected chi connectivity index (χ2v) is 3.88. The summed E-state index contributed by atoms with van der Waals surface area (Å²) in [5.41, 5.74) is 0.179. The first kappa shape index (κ1) is 12.1. The van der Waals surface area contributed by atoms with Crippen molar-refractivity contribution in [3.05, 3.63) is 58.5 Å². The molecular weight excluding hydrogens is 248 g/mol. The number of hydrogen-bond donors (Lipinski definition) is 1. The van der Waals surface area contributed by atoms with Gasteiger partial charge in [0.1, 0.15) is 5.76 Å². The standard InChI is InChI=1S/C12H10ClF2NO/c1-16-12(9-5-6-10(13)17-9)7-3-2-4-8(14)11(7)15/h2-6,12,16H,1H3. The first-order chi connectivity index (χ1) is 8.13. The highest BCUT2D eigenvalue weighted by Gasteiger charge is 2.21. The average Bonchev–Trinajstić information content (AvgIpc) is 2.72. The van der Waals surface area contributed by atoms with Gasteiger partial charge in [0.05, 0.1) is 6.04 Å². The molecule has 1 unspecified atom stereocenters. The van der Waals surface area contributed by atoms with E-state index in [1.807, 2.05) is 0 Å². The lowest BCUT2D eigenvalue weighted by molar-refractivity contribution is 0.440. The second-order valence-electron chi connectivity index (χ2n) is 3.51. The number of benzene rings is 1. The highest BCUT2D eigenvalue weighted by Crippen LogP contribution is 2.28. The van der Waals surface area contributed by atoms with Gasteiger partial charge < -0.3 is 9.73 Å². The lowest BCUT2D eigenvalue weighted by Gasteiger charge is -2.14. The van der Waals surface area contributed by atoms with Crippen molar-refractivity contribution in [1.29, 1.82) is 0 Å². The summed E-state index contributed by atoms with van der Waals surface area (Å²) in [6.45, 7) is 0. The third-order valence-corrected chi connectivity index (χ3v) is 2.66. The fourth-order valence-electron chi connectivity index (χ4n) is 1.68. The maximum Gasteiger partial charge on any atom is 0.193 e. The van der Waals surface area contributed by atoms with Crippen LogP contribution >= 0.6 is 11.6 Å². The monoisotopic (exact) mass is 257 g/mol. The highest BCUT2D eigenvalue weighted by molar-refractivity contribution is 6.28. The van der Waals surface area contributed by atoms with Gasteiger partial charge >= 0.3 is 0 Å². The molecule has 0 aliphatic heterocycles. The maximum atomic E-state index is 13.6. The zero-order valence-corrected chi connectivity index (χ0v) is 9.76. The summed E-state index contributed by atoms with van der Waals surface area (Å²) in [5.74, 6) is -1.35. The quantitative estimate of drug-likeness (QED) is 0.910. The van der Waals surface area contributed by atoms with E-state index >= 15 is 0 Å². The normalized spacial score (nSPS) is 12.7. The average molecular weight is 258 g/mol. The van der Waals surface area contributed by atoms with Crippen LogP contribution in [0.2, 0.25) is 5.22 Å². The fraction of sp³-hybridized carbons (Fsp3) is 0.167. The molecule has 2 aromatic rings. The van der Waals surface area contributed by atoms with Gasteiger partial charge in [-0.1, -0.05) is 12.1 Å². The van der Waals surface area contributed by atoms with E-state index in [9.17, 15) is 8.78 Å². The van der Waals surface area contributed by atoms with Gasteiger partial charge in [0.25, 0.3) is 0 Å². The van der Waals surface area contributed by atoms with Crippen LogP contribution in [0.3, 0.4) is 0 Å². The van der Waals surface area contributed by atoms with Crippen molar-refractivity contribution in [3.63, 3.8) is 0 Å². The van der Waals surface area contributed by atoms with E-state index in [0.29, 0.717) is 5.76 Å². The first-order valence-corrected chi connectivity index (χ1v) is 5.37. The highest BCUT2D eigenvalue weighted by atomic mass is 35.5. The van der Waals surface area contributed by atoms with Crippen molar-refractivity contribution in [3.8, 4) is 0 Å². The summed E-state index contributed by atoms with van der Waals surface area (Å²) >= 11 is 5.66. The molecule has 0 saturated carbocycles. The Kier molecular flexibility index (Phi) is 3.45. The smallest absolute Gasteiger partial charge is 0.193 e. The van der Waals surface area contributed by atoms with Gasteiger partial charge in [-0.05, 0) is 36.8 Å². The van der Waals surface area contributed by atoms with Crippen molar-refractivity contribution < 1.29 is 13.2 Å². The molecular formula is C12H10ClF2NO. The van der Waals surface area contributed by atoms with Crippen molar-refractivity contribution in [2.24, 2.45) is 0 Å². The molecule has 0 saturated heterocycles. The number of halogens is 3. The van der Waals surface area contributed by atoms with Crippen LogP contribution in [-0.4, -0.2) is 7.05 Å². The Morgan fingerprint density at radius 3 is 2.59 bits per heavy atom. The van der Waals surface area contributed by atoms with Crippen LogP contribution in [0, 0.1) is 11.6 Å². The molecule has 0 aliphatic rings. The molecule has 5 heteroatoms. The van der Waals surface area contributed by atoms with E-state index in [1.54, 1.807) is 19.2 Å². The van der Waals surface area contributed by atoms with Gasteiger partial charge in [0, 0.05) is 5.56 Å². The minimum Gasteiger partial charge on any atom is -0.448 e. The van der Waals surface area contributed by atoms with Gasteiger partial charge in [-0.25, -0.2) is 8.78 Å². The second kappa shape index (κ2) is 4.85. The van der Waals surface area contributed by atoms with E-state index in [-0.39, 0.29) is 10.8 Å². The third-order valence-electron chi connectivity index (χ3n) is 2.46. The van der Waals surface area contributed by atoms with Gasteiger partial charge in [-0.2, -0.15) is 0 Å². The van der Waals surface area contributed by atoms with Crippen LogP contribution in [0.5, 0.6) is 0 Å². The Balaban J connectivity index is 2.45. The van der Waals surface area contributed by atoms with Crippen molar-refractivity contribution >= 4 is 11.6 Å². The minimum absolute atomic E-state index is 0.179. The van der Waals surface area contributed by atoms with Gasteiger partial charge in [-0.15, -0.1) is 0 Å². The molecule has 0 aliphatic carbocycles. The maximum absolute atomic E-state index is 13.6. The largest absolute Gasteiger partial charge is 0.448 e. The summed E-state index contributed by atoms with van der Waals surface area (Å²) in [7, 11) is 1.63. The topological polar surface area (TPSA) is 25.2 Å². The van der Waals surface area contributed by atoms with Crippen LogP contribution in [-0.2, 0) is 0 Å². The number of rotatable bonds is 3. The summed E-state index contributed by atoms with van der Waals surface area (Å²) in [5, 5.41) is 3.06. The summed E-state index contributed by atoms with van der Waals surface area (Å²) < 4.78 is 32.0. The van der Waals surface area contributed by atoms with Crippen LogP contribution in [0.1, 0.15) is 17.4 Å². The minimum atomic E-state index is -0.889. The molecule has 1 heterocycles. The molecule has 1 aromatic heterocycles. The lowest BCUT2D eigenvalue weighted by atomic mass is 10.0. The van der Waals surface area contributed by atoms with Crippen LogP contribution < -0.4 is 5.32 Å². The van der Waals surface area contributed by atoms with E-state index in [1.165, 1.54) is 12.1 Å². The Morgan fingerprint density at radius 1 is 1.24 bits per heavy atom. The van der Waals surface area contributed by atoms with Crippen LogP contribution in [0.4, 0.5) is 8.78 Å². The van der Waals surface area contributed by atoms with Gasteiger partial charge in [0.15, 0.2) is 16.9 Å². The van der Waals surface area contributed by atoms with Gasteiger partial charge in [-0.3, -0.25) is 0 Å². The van der Waals surface area contributed by atoms with Crippen molar-refractivity contribution in [2.75, 3.05) is 7.05 Å².